The highest BCUT2D eigenvalue weighted by atomic mass is 79.9. The minimum atomic E-state index is -0.442. The van der Waals surface area contributed by atoms with Gasteiger partial charge in [0.2, 0.25) is 0 Å². The third-order valence-electron chi connectivity index (χ3n) is 10.3. The molecule has 262 valence electrons. The summed E-state index contributed by atoms with van der Waals surface area (Å²) >= 11 is 0. The van der Waals surface area contributed by atoms with E-state index in [-0.39, 0.29) is 23.0 Å². The molecule has 4 aromatic carbocycles. The molecule has 0 aromatic heterocycles. The molecule has 0 bridgehead atoms. The van der Waals surface area contributed by atoms with Crippen molar-refractivity contribution in [3.63, 3.8) is 0 Å². The number of halogens is 1. The number of likely N-dealkylation sites (N-methyl/N-ethyl adjacent to an activating group) is 1. The van der Waals surface area contributed by atoms with Crippen LogP contribution in [0.2, 0.25) is 0 Å². The predicted octanol–water partition coefficient (Wildman–Crippen LogP) is 5.61. The highest BCUT2D eigenvalue weighted by Gasteiger charge is 2.35. The number of hydrogen-bond acceptors (Lipinski definition) is 5. The molecule has 0 fully saturated rings. The Labute approximate surface area is 305 Å². The van der Waals surface area contributed by atoms with Crippen LogP contribution in [0.4, 0.5) is 11.4 Å². The summed E-state index contributed by atoms with van der Waals surface area (Å²) in [5, 5.41) is 0. The van der Waals surface area contributed by atoms with Gasteiger partial charge < -0.3 is 40.7 Å². The first-order valence-corrected chi connectivity index (χ1v) is 17.6. The number of benzene rings is 4. The molecule has 0 N–H and O–H groups in total. The van der Waals surface area contributed by atoms with Gasteiger partial charge in [-0.15, -0.1) is 0 Å². The Hall–Kier alpha value is -3.65. The van der Waals surface area contributed by atoms with Gasteiger partial charge in [-0.2, -0.15) is 0 Å². The number of carbonyl (C=O) groups excluding carboxylic acids is 1. The summed E-state index contributed by atoms with van der Waals surface area (Å²) in [5.74, 6) is 0.798. The number of aryl methyl sites for hydroxylation is 2. The summed E-state index contributed by atoms with van der Waals surface area (Å²) in [5.41, 5.74) is 7.46. The number of rotatable bonds is 10. The molecule has 0 aliphatic carbocycles. The lowest BCUT2D eigenvalue weighted by molar-refractivity contribution is -0.949. The van der Waals surface area contributed by atoms with E-state index in [0.717, 1.165) is 59.6 Å². The van der Waals surface area contributed by atoms with E-state index in [2.05, 4.69) is 107 Å². The van der Waals surface area contributed by atoms with Gasteiger partial charge in [-0.3, -0.25) is 4.79 Å². The topological polar surface area (TPSA) is 42.0 Å². The highest BCUT2D eigenvalue weighted by Crippen LogP contribution is 2.44. The van der Waals surface area contributed by atoms with E-state index in [9.17, 15) is 4.79 Å². The Balaban J connectivity index is 0.000000223. The molecule has 0 saturated heterocycles. The van der Waals surface area contributed by atoms with E-state index in [1.165, 1.54) is 28.9 Å². The zero-order valence-corrected chi connectivity index (χ0v) is 31.9. The van der Waals surface area contributed by atoms with Gasteiger partial charge in [0.15, 0.2) is 0 Å². The summed E-state index contributed by atoms with van der Waals surface area (Å²) < 4.78 is 12.6. The number of anilines is 2. The molecule has 2 aliphatic rings. The molecule has 6 nitrogen and oxygen atoms in total. The van der Waals surface area contributed by atoms with Crippen molar-refractivity contribution in [1.29, 1.82) is 0 Å². The Morgan fingerprint density at radius 3 is 1.76 bits per heavy atom. The molecule has 0 atom stereocenters. The number of para-hydroxylation sites is 4. The number of carbonyl (C=O) groups is 1. The van der Waals surface area contributed by atoms with Crippen LogP contribution in [0.15, 0.2) is 97.1 Å². The van der Waals surface area contributed by atoms with Gasteiger partial charge in [0.05, 0.1) is 19.1 Å². The average Bonchev–Trinajstić information content (AvgIpc) is 3.24. The number of esters is 1. The minimum Gasteiger partial charge on any atom is -1.00 e. The fraction of sp³-hybridized carbons (Fsp3) is 0.405. The van der Waals surface area contributed by atoms with Crippen molar-refractivity contribution in [2.75, 3.05) is 52.3 Å². The van der Waals surface area contributed by atoms with Gasteiger partial charge in [-0.25, -0.2) is 0 Å². The van der Waals surface area contributed by atoms with Crippen LogP contribution in [0, 0.1) is 0 Å². The zero-order chi connectivity index (χ0) is 34.3. The predicted molar refractivity (Wildman–Crippen MR) is 198 cm³/mol. The number of fused-ring (bicyclic) bond motifs is 4. The van der Waals surface area contributed by atoms with Gasteiger partial charge in [0.25, 0.3) is 0 Å². The summed E-state index contributed by atoms with van der Waals surface area (Å²) in [4.78, 5) is 17.8. The molecule has 2 heterocycles. The molecule has 6 rings (SSSR count). The number of quaternary nitrogens is 1. The van der Waals surface area contributed by atoms with E-state index in [1.54, 1.807) is 0 Å². The van der Waals surface area contributed by atoms with Crippen molar-refractivity contribution in [2.45, 2.75) is 65.0 Å². The van der Waals surface area contributed by atoms with E-state index in [0.29, 0.717) is 18.7 Å². The summed E-state index contributed by atoms with van der Waals surface area (Å²) in [6.07, 6.45) is 3.45. The summed E-state index contributed by atoms with van der Waals surface area (Å²) in [6.45, 7) is 12.3. The van der Waals surface area contributed by atoms with Gasteiger partial charge in [0, 0.05) is 29.0 Å². The van der Waals surface area contributed by atoms with Crippen molar-refractivity contribution in [2.24, 2.45) is 0 Å². The largest absolute Gasteiger partial charge is 1.00 e. The van der Waals surface area contributed by atoms with Gasteiger partial charge >= 0.3 is 5.97 Å². The van der Waals surface area contributed by atoms with Crippen LogP contribution in [0.3, 0.4) is 0 Å². The van der Waals surface area contributed by atoms with Crippen LogP contribution < -0.4 is 26.6 Å². The van der Waals surface area contributed by atoms with Crippen molar-refractivity contribution in [3.8, 4) is 11.5 Å². The van der Waals surface area contributed by atoms with Crippen molar-refractivity contribution in [3.05, 3.63) is 119 Å². The fourth-order valence-electron chi connectivity index (χ4n) is 6.86. The number of hydrogen-bond donors (Lipinski definition) is 0. The molecule has 7 heteroatoms. The second kappa shape index (κ2) is 17.3. The van der Waals surface area contributed by atoms with Crippen molar-refractivity contribution in [1.82, 2.24) is 4.90 Å². The first-order chi connectivity index (χ1) is 23.1. The normalized spacial score (nSPS) is 13.6. The molecule has 2 aliphatic heterocycles. The maximum Gasteiger partial charge on any atom is 0.318 e. The Bertz CT molecular complexity index is 1570. The molecular weight excluding hydrogens is 674 g/mol. The smallest absolute Gasteiger partial charge is 0.318 e. The molecule has 49 heavy (non-hydrogen) atoms. The first kappa shape index (κ1) is 38.2. The number of ether oxygens (including phenoxy) is 2. The van der Waals surface area contributed by atoms with E-state index in [4.69, 9.17) is 9.47 Å². The fourth-order valence-corrected chi connectivity index (χ4v) is 6.86. The Morgan fingerprint density at radius 1 is 0.796 bits per heavy atom. The van der Waals surface area contributed by atoms with E-state index in [1.807, 2.05) is 48.5 Å². The quantitative estimate of drug-likeness (QED) is 0.157. The van der Waals surface area contributed by atoms with Crippen LogP contribution in [0.1, 0.15) is 62.3 Å². The second-order valence-corrected chi connectivity index (χ2v) is 14.1. The van der Waals surface area contributed by atoms with Gasteiger partial charge in [-0.1, -0.05) is 72.8 Å². The highest BCUT2D eigenvalue weighted by molar-refractivity contribution is 5.85. The lowest BCUT2D eigenvalue weighted by atomic mass is 9.88. The lowest BCUT2D eigenvalue weighted by Crippen LogP contribution is -3.00. The SMILES string of the molecule is CC(C)[N+](C)(CCOC(=O)C1c2ccccc2Oc2ccccc21)C(C)C.CN(C)CCCN1c2ccccc2CCc2ccccc21.[Br-]. The molecule has 0 unspecified atom stereocenters. The van der Waals surface area contributed by atoms with Crippen LogP contribution in [-0.2, 0) is 22.4 Å². The van der Waals surface area contributed by atoms with Crippen LogP contribution in [-0.4, -0.2) is 74.8 Å². The standard InChI is InChI=1S/C23H30NO3.C19H24N2.BrH/c1-16(2)24(5,17(3)4)14-15-26-23(25)22-18-10-6-8-12-20(18)27-21-13-9-7-11-19(21)22;1-20(2)14-7-15-21-18-10-5-3-8-16(18)12-13-17-9-4-6-11-19(17)21;/h6-13,16-17,22H,14-15H2,1-5H3;3-6,8-11H,7,12-15H2,1-2H3;1H/q+1;;/p-1. The maximum atomic E-state index is 13.1. The lowest BCUT2D eigenvalue weighted by Gasteiger charge is -2.42. The molecular formula is C42H54BrN3O3. The Kier molecular flexibility index (Phi) is 13.5. The molecule has 0 amide bonds. The van der Waals surface area contributed by atoms with E-state index >= 15 is 0 Å². The second-order valence-electron chi connectivity index (χ2n) is 14.1. The van der Waals surface area contributed by atoms with Crippen molar-refractivity contribution < 1.29 is 35.7 Å². The first-order valence-electron chi connectivity index (χ1n) is 17.6. The average molecular weight is 729 g/mol. The summed E-state index contributed by atoms with van der Waals surface area (Å²) in [6, 6.07) is 34.1. The maximum absolute atomic E-state index is 13.1. The van der Waals surface area contributed by atoms with Gasteiger partial charge in [0.1, 0.15) is 30.6 Å². The third-order valence-corrected chi connectivity index (χ3v) is 10.3. The zero-order valence-electron chi connectivity index (χ0n) is 30.4. The van der Waals surface area contributed by atoms with Crippen LogP contribution in [0.25, 0.3) is 0 Å². The molecule has 0 radical (unpaired) electrons. The third kappa shape index (κ3) is 8.94. The molecule has 4 aromatic rings. The monoisotopic (exact) mass is 727 g/mol. The van der Waals surface area contributed by atoms with Crippen LogP contribution >= 0.6 is 0 Å². The molecule has 0 saturated carbocycles. The van der Waals surface area contributed by atoms with Gasteiger partial charge in [-0.05, 0) is 103 Å². The number of nitrogens with zero attached hydrogens (tertiary/aromatic N) is 3. The van der Waals surface area contributed by atoms with E-state index < -0.39 is 5.92 Å². The minimum absolute atomic E-state index is 0. The Morgan fingerprint density at radius 2 is 1.27 bits per heavy atom. The van der Waals surface area contributed by atoms with Crippen LogP contribution in [0.5, 0.6) is 11.5 Å². The summed E-state index contributed by atoms with van der Waals surface area (Å²) in [7, 11) is 6.51. The van der Waals surface area contributed by atoms with Crippen molar-refractivity contribution >= 4 is 17.3 Å². The molecule has 0 spiro atoms.